The van der Waals surface area contributed by atoms with E-state index in [1.807, 2.05) is 37.6 Å². The van der Waals surface area contributed by atoms with E-state index in [1.165, 1.54) is 11.3 Å². The first-order valence-electron chi connectivity index (χ1n) is 7.92. The van der Waals surface area contributed by atoms with Crippen molar-refractivity contribution in [3.63, 3.8) is 0 Å². The van der Waals surface area contributed by atoms with Gasteiger partial charge in [-0.1, -0.05) is 6.92 Å². The second-order valence-corrected chi connectivity index (χ2v) is 6.51. The maximum absolute atomic E-state index is 12.3. The Balaban J connectivity index is 2.15. The Labute approximate surface area is 147 Å². The quantitative estimate of drug-likeness (QED) is 0.767. The summed E-state index contributed by atoms with van der Waals surface area (Å²) in [6.07, 6.45) is 1.26. The summed E-state index contributed by atoms with van der Waals surface area (Å²) in [6, 6.07) is 5.93. The molecule has 0 saturated heterocycles. The smallest absolute Gasteiger partial charge is 0.228 e. The van der Waals surface area contributed by atoms with E-state index in [4.69, 9.17) is 9.47 Å². The predicted molar refractivity (Wildman–Crippen MR) is 96.9 cm³/mol. The molecule has 0 fully saturated rings. The van der Waals surface area contributed by atoms with Crippen molar-refractivity contribution >= 4 is 17.2 Å². The van der Waals surface area contributed by atoms with Crippen LogP contribution >= 0.6 is 11.3 Å². The van der Waals surface area contributed by atoms with Crippen LogP contribution in [0.4, 0.5) is 0 Å². The number of nitrogens with zero attached hydrogens (tertiary/aromatic N) is 2. The number of methoxy groups -OCH3 is 2. The number of amides is 1. The van der Waals surface area contributed by atoms with E-state index in [0.29, 0.717) is 17.9 Å². The Kier molecular flexibility index (Phi) is 6.20. The molecule has 24 heavy (non-hydrogen) atoms. The first kappa shape index (κ1) is 18.3. The van der Waals surface area contributed by atoms with Crippen LogP contribution in [0.15, 0.2) is 23.6 Å². The number of thiazole rings is 1. The van der Waals surface area contributed by atoms with Gasteiger partial charge in [0.05, 0.1) is 26.3 Å². The van der Waals surface area contributed by atoms with Gasteiger partial charge in [0.1, 0.15) is 5.01 Å². The van der Waals surface area contributed by atoms with E-state index in [2.05, 4.69) is 11.9 Å². The van der Waals surface area contributed by atoms with E-state index >= 15 is 0 Å². The van der Waals surface area contributed by atoms with Crippen LogP contribution in [0.25, 0.3) is 10.6 Å². The van der Waals surface area contributed by atoms with Gasteiger partial charge in [-0.25, -0.2) is 4.98 Å². The van der Waals surface area contributed by atoms with Crippen LogP contribution in [0, 0.1) is 0 Å². The zero-order valence-corrected chi connectivity index (χ0v) is 15.6. The van der Waals surface area contributed by atoms with Gasteiger partial charge in [-0.3, -0.25) is 4.79 Å². The van der Waals surface area contributed by atoms with Gasteiger partial charge in [0, 0.05) is 24.0 Å². The van der Waals surface area contributed by atoms with Crippen molar-refractivity contribution in [3.05, 3.63) is 29.3 Å². The molecule has 0 spiro atoms. The van der Waals surface area contributed by atoms with Gasteiger partial charge < -0.3 is 14.4 Å². The molecule has 0 aliphatic carbocycles. The molecule has 0 N–H and O–H groups in total. The number of carbonyl (C=O) groups excluding carboxylic acids is 1. The third-order valence-corrected chi connectivity index (χ3v) is 5.10. The third-order valence-electron chi connectivity index (χ3n) is 4.16. The Morgan fingerprint density at radius 3 is 2.62 bits per heavy atom. The lowest BCUT2D eigenvalue weighted by Gasteiger charge is -2.23. The molecule has 6 heteroatoms. The highest BCUT2D eigenvalue weighted by atomic mass is 32.1. The molecule has 1 amide bonds. The maximum atomic E-state index is 12.3. The molecule has 1 aromatic carbocycles. The average Bonchev–Trinajstić information content (AvgIpc) is 3.07. The Hall–Kier alpha value is -2.08. The number of aromatic nitrogens is 1. The minimum Gasteiger partial charge on any atom is -0.493 e. The van der Waals surface area contributed by atoms with Crippen LogP contribution in [0.3, 0.4) is 0 Å². The molecule has 0 bridgehead atoms. The first-order valence-corrected chi connectivity index (χ1v) is 8.80. The Morgan fingerprint density at radius 1 is 1.29 bits per heavy atom. The molecule has 2 aromatic rings. The van der Waals surface area contributed by atoms with Crippen LogP contribution in [0.2, 0.25) is 0 Å². The summed E-state index contributed by atoms with van der Waals surface area (Å²) in [6.45, 7) is 4.13. The van der Waals surface area contributed by atoms with Crippen molar-refractivity contribution in [3.8, 4) is 22.1 Å². The van der Waals surface area contributed by atoms with Crippen molar-refractivity contribution in [2.45, 2.75) is 32.7 Å². The van der Waals surface area contributed by atoms with Crippen LogP contribution in [-0.2, 0) is 11.2 Å². The summed E-state index contributed by atoms with van der Waals surface area (Å²) in [5, 5.41) is 2.80. The molecule has 2 rings (SSSR count). The predicted octanol–water partition coefficient (Wildman–Crippen LogP) is 3.63. The SMILES string of the molecule is CCC(C)N(C)C(=O)Cc1csc(-c2ccc(OC)c(OC)c2)n1. The Morgan fingerprint density at radius 2 is 2.00 bits per heavy atom. The highest BCUT2D eigenvalue weighted by Gasteiger charge is 2.17. The third kappa shape index (κ3) is 4.06. The molecule has 1 atom stereocenters. The van der Waals surface area contributed by atoms with Crippen LogP contribution in [-0.4, -0.2) is 43.1 Å². The van der Waals surface area contributed by atoms with Gasteiger partial charge >= 0.3 is 0 Å². The van der Waals surface area contributed by atoms with Crippen molar-refractivity contribution in [1.29, 1.82) is 0 Å². The van der Waals surface area contributed by atoms with Crippen LogP contribution in [0.5, 0.6) is 11.5 Å². The topological polar surface area (TPSA) is 51.7 Å². The molecular formula is C18H24N2O3S. The molecule has 5 nitrogen and oxygen atoms in total. The monoisotopic (exact) mass is 348 g/mol. The standard InChI is InChI=1S/C18H24N2O3S/c1-6-12(2)20(3)17(21)10-14-11-24-18(19-14)13-7-8-15(22-4)16(9-13)23-5/h7-9,11-12H,6,10H2,1-5H3. The number of hydrogen-bond acceptors (Lipinski definition) is 5. The second-order valence-electron chi connectivity index (χ2n) is 5.65. The summed E-state index contributed by atoms with van der Waals surface area (Å²) in [5.74, 6) is 1.44. The zero-order valence-electron chi connectivity index (χ0n) is 14.8. The van der Waals surface area contributed by atoms with E-state index < -0.39 is 0 Å². The molecule has 130 valence electrons. The minimum absolute atomic E-state index is 0.0912. The minimum atomic E-state index is 0.0912. The fourth-order valence-electron chi connectivity index (χ4n) is 2.29. The van der Waals surface area contributed by atoms with Crippen molar-refractivity contribution in [2.75, 3.05) is 21.3 Å². The van der Waals surface area contributed by atoms with E-state index in [-0.39, 0.29) is 11.9 Å². The highest BCUT2D eigenvalue weighted by Crippen LogP contribution is 2.33. The summed E-state index contributed by atoms with van der Waals surface area (Å²) in [7, 11) is 5.06. The van der Waals surface area contributed by atoms with Gasteiger partial charge in [-0.15, -0.1) is 11.3 Å². The number of ether oxygens (including phenoxy) is 2. The van der Waals surface area contributed by atoms with Crippen molar-refractivity contribution in [2.24, 2.45) is 0 Å². The van der Waals surface area contributed by atoms with Crippen LogP contribution < -0.4 is 9.47 Å². The zero-order chi connectivity index (χ0) is 17.7. The lowest BCUT2D eigenvalue weighted by atomic mass is 10.2. The average molecular weight is 348 g/mol. The molecule has 1 unspecified atom stereocenters. The van der Waals surface area contributed by atoms with Gasteiger partial charge in [0.25, 0.3) is 0 Å². The van der Waals surface area contributed by atoms with Gasteiger partial charge in [-0.05, 0) is 31.5 Å². The van der Waals surface area contributed by atoms with E-state index in [1.54, 1.807) is 19.1 Å². The molecule has 0 aliphatic rings. The van der Waals surface area contributed by atoms with Gasteiger partial charge in [0.15, 0.2) is 11.5 Å². The molecule has 1 aromatic heterocycles. The van der Waals surface area contributed by atoms with Gasteiger partial charge in [-0.2, -0.15) is 0 Å². The normalized spacial score (nSPS) is 11.9. The largest absolute Gasteiger partial charge is 0.493 e. The van der Waals surface area contributed by atoms with Gasteiger partial charge in [0.2, 0.25) is 5.91 Å². The number of rotatable bonds is 7. The second kappa shape index (κ2) is 8.15. The number of likely N-dealkylation sites (N-methyl/N-ethyl adjacent to an activating group) is 1. The van der Waals surface area contributed by atoms with Crippen molar-refractivity contribution < 1.29 is 14.3 Å². The number of hydrogen-bond donors (Lipinski definition) is 0. The summed E-state index contributed by atoms with van der Waals surface area (Å²) < 4.78 is 10.6. The molecule has 0 radical (unpaired) electrons. The maximum Gasteiger partial charge on any atom is 0.228 e. The fraction of sp³-hybridized carbons (Fsp3) is 0.444. The summed E-state index contributed by atoms with van der Waals surface area (Å²) in [5.41, 5.74) is 1.75. The van der Waals surface area contributed by atoms with Crippen LogP contribution in [0.1, 0.15) is 26.0 Å². The summed E-state index contributed by atoms with van der Waals surface area (Å²) >= 11 is 1.52. The number of benzene rings is 1. The van der Waals surface area contributed by atoms with E-state index in [0.717, 1.165) is 22.7 Å². The number of carbonyl (C=O) groups is 1. The lowest BCUT2D eigenvalue weighted by Crippen LogP contribution is -2.35. The molecular weight excluding hydrogens is 324 g/mol. The lowest BCUT2D eigenvalue weighted by molar-refractivity contribution is -0.131. The van der Waals surface area contributed by atoms with E-state index in [9.17, 15) is 4.79 Å². The fourth-order valence-corrected chi connectivity index (χ4v) is 3.11. The molecule has 1 heterocycles. The van der Waals surface area contributed by atoms with Crippen molar-refractivity contribution in [1.82, 2.24) is 9.88 Å². The molecule has 0 saturated carbocycles. The highest BCUT2D eigenvalue weighted by molar-refractivity contribution is 7.13. The Bertz CT molecular complexity index is 699. The first-order chi connectivity index (χ1) is 11.5. The summed E-state index contributed by atoms with van der Waals surface area (Å²) in [4.78, 5) is 18.7. The molecule has 0 aliphatic heterocycles.